The van der Waals surface area contributed by atoms with Crippen LogP contribution in [-0.2, 0) is 11.3 Å². The Bertz CT molecular complexity index is 880. The fourth-order valence-corrected chi connectivity index (χ4v) is 4.73. The number of thioether (sulfide) groups is 1. The number of amides is 1. The number of benzene rings is 1. The molecule has 1 saturated heterocycles. The molecule has 2 heterocycles. The lowest BCUT2D eigenvalue weighted by molar-refractivity contribution is -0.132. The van der Waals surface area contributed by atoms with Crippen LogP contribution >= 0.6 is 35.0 Å². The van der Waals surface area contributed by atoms with Gasteiger partial charge in [-0.3, -0.25) is 9.36 Å². The molecule has 0 bridgehead atoms. The molecular formula is C20H25Cl2N5OS. The van der Waals surface area contributed by atoms with E-state index in [4.69, 9.17) is 23.2 Å². The number of hydrogen-bond donors (Lipinski definition) is 0. The molecule has 0 N–H and O–H groups in total. The van der Waals surface area contributed by atoms with Gasteiger partial charge < -0.3 is 9.80 Å². The van der Waals surface area contributed by atoms with Gasteiger partial charge in [-0.1, -0.05) is 48.0 Å². The first-order valence-electron chi connectivity index (χ1n) is 9.61. The van der Waals surface area contributed by atoms with Crippen LogP contribution in [0.2, 0.25) is 10.0 Å². The molecule has 1 atom stereocenters. The fourth-order valence-electron chi connectivity index (χ4n) is 3.29. The van der Waals surface area contributed by atoms with Crippen LogP contribution < -0.4 is 0 Å². The van der Waals surface area contributed by atoms with Crippen LogP contribution in [-0.4, -0.2) is 68.4 Å². The van der Waals surface area contributed by atoms with Crippen LogP contribution in [0.4, 0.5) is 0 Å². The van der Waals surface area contributed by atoms with Crippen molar-refractivity contribution in [2.45, 2.75) is 30.8 Å². The van der Waals surface area contributed by atoms with Crippen molar-refractivity contribution in [2.75, 3.05) is 32.7 Å². The Morgan fingerprint density at radius 2 is 2.00 bits per heavy atom. The van der Waals surface area contributed by atoms with Gasteiger partial charge in [0.25, 0.3) is 0 Å². The molecule has 1 amide bonds. The number of allylic oxidation sites excluding steroid dienone is 1. The van der Waals surface area contributed by atoms with E-state index in [1.807, 2.05) is 22.5 Å². The summed E-state index contributed by atoms with van der Waals surface area (Å²) < 4.78 is 1.92. The van der Waals surface area contributed by atoms with Gasteiger partial charge in [0.2, 0.25) is 5.91 Å². The third-order valence-electron chi connectivity index (χ3n) is 4.96. The summed E-state index contributed by atoms with van der Waals surface area (Å²) in [5, 5.41) is 10.1. The molecule has 0 spiro atoms. The first-order valence-corrected chi connectivity index (χ1v) is 11.3. The SMILES string of the molecule is C=CCn1c(S[C@@H](C)C(=O)N2CCN(CC)CC2)nnc1-c1ccc(Cl)cc1Cl. The average Bonchev–Trinajstić information content (AvgIpc) is 3.10. The second kappa shape index (κ2) is 9.98. The van der Waals surface area contributed by atoms with Gasteiger partial charge in [0.15, 0.2) is 11.0 Å². The maximum atomic E-state index is 12.9. The van der Waals surface area contributed by atoms with Crippen molar-refractivity contribution in [3.05, 3.63) is 40.9 Å². The third kappa shape index (κ3) is 5.15. The summed E-state index contributed by atoms with van der Waals surface area (Å²) in [5.74, 6) is 0.759. The van der Waals surface area contributed by atoms with Crippen molar-refractivity contribution in [1.82, 2.24) is 24.6 Å². The molecule has 6 nitrogen and oxygen atoms in total. The van der Waals surface area contributed by atoms with Crippen molar-refractivity contribution in [1.29, 1.82) is 0 Å². The van der Waals surface area contributed by atoms with E-state index in [9.17, 15) is 4.79 Å². The summed E-state index contributed by atoms with van der Waals surface area (Å²) in [4.78, 5) is 17.2. The van der Waals surface area contributed by atoms with E-state index in [-0.39, 0.29) is 11.2 Å². The molecule has 1 aromatic heterocycles. The Morgan fingerprint density at radius 3 is 2.62 bits per heavy atom. The summed E-state index contributed by atoms with van der Waals surface area (Å²) in [6, 6.07) is 5.27. The highest BCUT2D eigenvalue weighted by molar-refractivity contribution is 8.00. The van der Waals surface area contributed by atoms with E-state index in [1.54, 1.807) is 18.2 Å². The number of aromatic nitrogens is 3. The monoisotopic (exact) mass is 453 g/mol. The van der Waals surface area contributed by atoms with Crippen molar-refractivity contribution in [2.24, 2.45) is 0 Å². The van der Waals surface area contributed by atoms with Crippen molar-refractivity contribution < 1.29 is 4.79 Å². The highest BCUT2D eigenvalue weighted by Crippen LogP contribution is 2.32. The number of rotatable bonds is 7. The molecule has 9 heteroatoms. The minimum Gasteiger partial charge on any atom is -0.339 e. The van der Waals surface area contributed by atoms with Gasteiger partial charge in [-0.2, -0.15) is 0 Å². The van der Waals surface area contributed by atoms with Crippen molar-refractivity contribution in [3.63, 3.8) is 0 Å². The molecule has 0 unspecified atom stereocenters. The smallest absolute Gasteiger partial charge is 0.235 e. The van der Waals surface area contributed by atoms with Crippen LogP contribution in [0.5, 0.6) is 0 Å². The lowest BCUT2D eigenvalue weighted by atomic mass is 10.2. The predicted octanol–water partition coefficient (Wildman–Crippen LogP) is 4.08. The summed E-state index contributed by atoms with van der Waals surface area (Å²) in [7, 11) is 0. The fraction of sp³-hybridized carbons (Fsp3) is 0.450. The zero-order valence-electron chi connectivity index (χ0n) is 16.6. The molecule has 2 aromatic rings. The molecule has 1 aliphatic heterocycles. The highest BCUT2D eigenvalue weighted by Gasteiger charge is 2.27. The van der Waals surface area contributed by atoms with E-state index >= 15 is 0 Å². The van der Waals surface area contributed by atoms with E-state index < -0.39 is 0 Å². The summed E-state index contributed by atoms with van der Waals surface area (Å²) in [5.41, 5.74) is 0.743. The van der Waals surface area contributed by atoms with Crippen molar-refractivity contribution in [3.8, 4) is 11.4 Å². The number of nitrogens with zero attached hydrogens (tertiary/aromatic N) is 5. The molecule has 29 heavy (non-hydrogen) atoms. The predicted molar refractivity (Wildman–Crippen MR) is 120 cm³/mol. The Balaban J connectivity index is 1.77. The van der Waals surface area contributed by atoms with Crippen LogP contribution in [0.15, 0.2) is 36.0 Å². The van der Waals surface area contributed by atoms with Gasteiger partial charge in [0, 0.05) is 43.3 Å². The quantitative estimate of drug-likeness (QED) is 0.466. The van der Waals surface area contributed by atoms with E-state index in [0.29, 0.717) is 27.6 Å². The Kier molecular flexibility index (Phi) is 7.62. The third-order valence-corrected chi connectivity index (χ3v) is 6.58. The van der Waals surface area contributed by atoms with Gasteiger partial charge in [-0.25, -0.2) is 0 Å². The maximum Gasteiger partial charge on any atom is 0.235 e. The largest absolute Gasteiger partial charge is 0.339 e. The number of likely N-dealkylation sites (N-methyl/N-ethyl adjacent to an activating group) is 1. The number of halogens is 2. The summed E-state index contributed by atoms with van der Waals surface area (Å²) in [6.07, 6.45) is 1.78. The number of carbonyl (C=O) groups is 1. The van der Waals surface area contributed by atoms with E-state index in [0.717, 1.165) is 38.3 Å². The Hall–Kier alpha value is -1.54. The van der Waals surface area contributed by atoms with Crippen LogP contribution in [0.3, 0.4) is 0 Å². The highest BCUT2D eigenvalue weighted by atomic mass is 35.5. The second-order valence-electron chi connectivity index (χ2n) is 6.85. The topological polar surface area (TPSA) is 54.3 Å². The lowest BCUT2D eigenvalue weighted by Gasteiger charge is -2.35. The van der Waals surface area contributed by atoms with Gasteiger partial charge in [0.1, 0.15) is 0 Å². The molecule has 1 aromatic carbocycles. The number of piperazine rings is 1. The number of carbonyl (C=O) groups excluding carboxylic acids is 1. The zero-order valence-corrected chi connectivity index (χ0v) is 19.0. The minimum atomic E-state index is -0.260. The van der Waals surface area contributed by atoms with Gasteiger partial charge in [0.05, 0.1) is 10.3 Å². The Morgan fingerprint density at radius 1 is 1.28 bits per heavy atom. The molecule has 1 aliphatic rings. The minimum absolute atomic E-state index is 0.130. The maximum absolute atomic E-state index is 12.9. The van der Waals surface area contributed by atoms with Gasteiger partial charge >= 0.3 is 0 Å². The molecule has 0 aliphatic carbocycles. The molecular weight excluding hydrogens is 429 g/mol. The summed E-state index contributed by atoms with van der Waals surface area (Å²) in [6.45, 7) is 12.8. The second-order valence-corrected chi connectivity index (χ2v) is 9.00. The molecule has 156 valence electrons. The van der Waals surface area contributed by atoms with Crippen LogP contribution in [0, 0.1) is 0 Å². The number of hydrogen-bond acceptors (Lipinski definition) is 5. The standard InChI is InChI=1S/C20H25Cl2N5OS/c1-4-8-27-18(16-7-6-15(21)13-17(16)22)23-24-20(27)29-14(3)19(28)26-11-9-25(5-2)10-12-26/h4,6-7,13-14H,1,5,8-12H2,2-3H3/t14-/m0/s1. The normalized spacial score (nSPS) is 16.1. The Labute approximate surface area is 185 Å². The first-order chi connectivity index (χ1) is 13.9. The zero-order chi connectivity index (χ0) is 21.0. The molecule has 1 fully saturated rings. The lowest BCUT2D eigenvalue weighted by Crippen LogP contribution is -2.50. The molecule has 0 radical (unpaired) electrons. The van der Waals surface area contributed by atoms with E-state index in [2.05, 4.69) is 28.6 Å². The van der Waals surface area contributed by atoms with Crippen LogP contribution in [0.25, 0.3) is 11.4 Å². The van der Waals surface area contributed by atoms with Gasteiger partial charge in [-0.05, 0) is 31.7 Å². The summed E-state index contributed by atoms with van der Waals surface area (Å²) >= 11 is 13.8. The first kappa shape index (κ1) is 22.2. The van der Waals surface area contributed by atoms with Crippen LogP contribution in [0.1, 0.15) is 13.8 Å². The molecule has 0 saturated carbocycles. The van der Waals surface area contributed by atoms with Crippen molar-refractivity contribution >= 4 is 40.9 Å². The average molecular weight is 454 g/mol. The van der Waals surface area contributed by atoms with Gasteiger partial charge in [-0.15, -0.1) is 16.8 Å². The molecule has 3 rings (SSSR count). The van der Waals surface area contributed by atoms with E-state index in [1.165, 1.54) is 11.8 Å².